The van der Waals surface area contributed by atoms with Crippen LogP contribution in [0.4, 0.5) is 0 Å². The lowest BCUT2D eigenvalue weighted by molar-refractivity contribution is -0.136. The standard InChI is InChI=1S/C32H31NO6/c33-31(32(36)24-8-3-1-4-9-24)29-22-28(14-12-23(29)13-19-30(34)35)38-21-7-20-37-25-15-17-27(18-16-25)39-26-10-5-2-6-11-26/h1-6,8-12,14-18,22,31H,7,13,19-21,33H2,(H,34,35). The molecule has 0 heterocycles. The largest absolute Gasteiger partial charge is 0.493 e. The van der Waals surface area contributed by atoms with Crippen LogP contribution >= 0.6 is 0 Å². The van der Waals surface area contributed by atoms with Gasteiger partial charge >= 0.3 is 5.97 Å². The lowest BCUT2D eigenvalue weighted by atomic mass is 9.92. The number of carbonyl (C=O) groups is 2. The van der Waals surface area contributed by atoms with Gasteiger partial charge in [-0.1, -0.05) is 54.6 Å². The number of benzene rings is 4. The van der Waals surface area contributed by atoms with Crippen molar-refractivity contribution in [3.63, 3.8) is 0 Å². The smallest absolute Gasteiger partial charge is 0.303 e. The molecule has 4 aromatic rings. The molecule has 0 aromatic heterocycles. The molecule has 0 bridgehead atoms. The first-order chi connectivity index (χ1) is 19.0. The Morgan fingerprint density at radius 2 is 1.28 bits per heavy atom. The second-order valence-electron chi connectivity index (χ2n) is 8.90. The van der Waals surface area contributed by atoms with E-state index >= 15 is 0 Å². The maximum Gasteiger partial charge on any atom is 0.303 e. The van der Waals surface area contributed by atoms with Gasteiger partial charge in [-0.3, -0.25) is 9.59 Å². The summed E-state index contributed by atoms with van der Waals surface area (Å²) in [6.45, 7) is 0.847. The Bertz CT molecular complexity index is 1360. The van der Waals surface area contributed by atoms with Crippen LogP contribution in [-0.2, 0) is 11.2 Å². The highest BCUT2D eigenvalue weighted by Crippen LogP contribution is 2.27. The van der Waals surface area contributed by atoms with Crippen molar-refractivity contribution >= 4 is 11.8 Å². The highest BCUT2D eigenvalue weighted by atomic mass is 16.5. The van der Waals surface area contributed by atoms with Gasteiger partial charge in [0.2, 0.25) is 0 Å². The summed E-state index contributed by atoms with van der Waals surface area (Å²) >= 11 is 0. The van der Waals surface area contributed by atoms with Crippen molar-refractivity contribution in [3.8, 4) is 23.0 Å². The SMILES string of the molecule is NC(C(=O)c1ccccc1)c1cc(OCCCOc2ccc(Oc3ccccc3)cc2)ccc1CCC(=O)O. The molecule has 3 N–H and O–H groups in total. The van der Waals surface area contributed by atoms with Crippen LogP contribution in [0.1, 0.15) is 40.4 Å². The third-order valence-electron chi connectivity index (χ3n) is 6.03. The summed E-state index contributed by atoms with van der Waals surface area (Å²) in [4.78, 5) is 24.1. The zero-order chi connectivity index (χ0) is 27.5. The average Bonchev–Trinajstić information content (AvgIpc) is 2.97. The number of nitrogens with two attached hydrogens (primary N) is 1. The Kier molecular flexibility index (Phi) is 9.69. The van der Waals surface area contributed by atoms with E-state index in [2.05, 4.69) is 0 Å². The van der Waals surface area contributed by atoms with Crippen LogP contribution in [0.2, 0.25) is 0 Å². The molecule has 7 heteroatoms. The van der Waals surface area contributed by atoms with Gasteiger partial charge in [-0.05, 0) is 66.1 Å². The minimum Gasteiger partial charge on any atom is -0.493 e. The van der Waals surface area contributed by atoms with Gasteiger partial charge in [-0.25, -0.2) is 0 Å². The lowest BCUT2D eigenvalue weighted by Crippen LogP contribution is -2.23. The number of rotatable bonds is 14. The summed E-state index contributed by atoms with van der Waals surface area (Å²) in [5, 5.41) is 9.13. The molecular formula is C32H31NO6. The first-order valence-corrected chi connectivity index (χ1v) is 12.8. The third-order valence-corrected chi connectivity index (χ3v) is 6.03. The zero-order valence-corrected chi connectivity index (χ0v) is 21.5. The number of aryl methyl sites for hydroxylation is 1. The van der Waals surface area contributed by atoms with E-state index < -0.39 is 12.0 Å². The number of Topliss-reactive ketones (excluding diaryl/α,β-unsaturated/α-hetero) is 1. The van der Waals surface area contributed by atoms with Crippen molar-refractivity contribution in [1.82, 2.24) is 0 Å². The van der Waals surface area contributed by atoms with Crippen LogP contribution in [0, 0.1) is 0 Å². The second kappa shape index (κ2) is 13.8. The first kappa shape index (κ1) is 27.4. The molecule has 0 aliphatic carbocycles. The van der Waals surface area contributed by atoms with E-state index in [0.717, 1.165) is 17.2 Å². The molecule has 0 saturated carbocycles. The molecule has 0 radical (unpaired) electrons. The fourth-order valence-corrected chi connectivity index (χ4v) is 4.01. The number of hydrogen-bond donors (Lipinski definition) is 2. The van der Waals surface area contributed by atoms with Crippen molar-refractivity contribution in [3.05, 3.63) is 120 Å². The van der Waals surface area contributed by atoms with Gasteiger partial charge in [0, 0.05) is 18.4 Å². The number of hydrogen-bond acceptors (Lipinski definition) is 6. The van der Waals surface area contributed by atoms with E-state index in [1.165, 1.54) is 0 Å². The maximum absolute atomic E-state index is 13.0. The molecule has 1 atom stereocenters. The van der Waals surface area contributed by atoms with Crippen molar-refractivity contribution < 1.29 is 28.9 Å². The topological polar surface area (TPSA) is 108 Å². The predicted molar refractivity (Wildman–Crippen MR) is 149 cm³/mol. The van der Waals surface area contributed by atoms with Gasteiger partial charge in [-0.15, -0.1) is 0 Å². The first-order valence-electron chi connectivity index (χ1n) is 12.8. The monoisotopic (exact) mass is 525 g/mol. The molecule has 39 heavy (non-hydrogen) atoms. The van der Waals surface area contributed by atoms with Crippen LogP contribution in [-0.4, -0.2) is 30.1 Å². The highest BCUT2D eigenvalue weighted by molar-refractivity contribution is 6.00. The van der Waals surface area contributed by atoms with Crippen LogP contribution in [0.25, 0.3) is 0 Å². The van der Waals surface area contributed by atoms with Crippen LogP contribution < -0.4 is 19.9 Å². The Hall–Kier alpha value is -4.62. The molecule has 0 aliphatic rings. The molecule has 1 unspecified atom stereocenters. The van der Waals surface area contributed by atoms with Crippen LogP contribution in [0.15, 0.2) is 103 Å². The summed E-state index contributed by atoms with van der Waals surface area (Å²) in [5.74, 6) is 1.63. The van der Waals surface area contributed by atoms with Gasteiger partial charge in [0.05, 0.1) is 19.3 Å². The van der Waals surface area contributed by atoms with Crippen molar-refractivity contribution in [2.45, 2.75) is 25.3 Å². The third kappa shape index (κ3) is 8.18. The number of carbonyl (C=O) groups excluding carboxylic acids is 1. The molecular weight excluding hydrogens is 494 g/mol. The summed E-state index contributed by atoms with van der Waals surface area (Å²) in [5.41, 5.74) is 8.14. The lowest BCUT2D eigenvalue weighted by Gasteiger charge is -2.17. The van der Waals surface area contributed by atoms with Gasteiger partial charge in [0.1, 0.15) is 23.0 Å². The number of ether oxygens (including phenoxy) is 3. The molecule has 200 valence electrons. The summed E-state index contributed by atoms with van der Waals surface area (Å²) in [7, 11) is 0. The van der Waals surface area contributed by atoms with Crippen molar-refractivity contribution in [2.75, 3.05) is 13.2 Å². The maximum atomic E-state index is 13.0. The fourth-order valence-electron chi connectivity index (χ4n) is 4.01. The second-order valence-corrected chi connectivity index (χ2v) is 8.90. The Balaban J connectivity index is 1.31. The van der Waals surface area contributed by atoms with Gasteiger partial charge in [0.15, 0.2) is 5.78 Å². The molecule has 4 rings (SSSR count). The predicted octanol–water partition coefficient (Wildman–Crippen LogP) is 6.23. The average molecular weight is 526 g/mol. The summed E-state index contributed by atoms with van der Waals surface area (Å²) in [6, 6.07) is 30.1. The van der Waals surface area contributed by atoms with Crippen LogP contribution in [0.3, 0.4) is 0 Å². The Labute approximate surface area is 227 Å². The van der Waals surface area contributed by atoms with Gasteiger partial charge in [-0.2, -0.15) is 0 Å². The number of ketones is 1. The van der Waals surface area contributed by atoms with E-state index in [-0.39, 0.29) is 18.6 Å². The van der Waals surface area contributed by atoms with E-state index in [1.54, 1.807) is 42.5 Å². The molecule has 0 aliphatic heterocycles. The molecule has 0 saturated heterocycles. The molecule has 7 nitrogen and oxygen atoms in total. The molecule has 0 spiro atoms. The summed E-state index contributed by atoms with van der Waals surface area (Å²) < 4.78 is 17.5. The van der Waals surface area contributed by atoms with Gasteiger partial charge < -0.3 is 25.1 Å². The molecule has 0 amide bonds. The Morgan fingerprint density at radius 1 is 0.718 bits per heavy atom. The number of carboxylic acids is 1. The molecule has 0 fully saturated rings. The van der Waals surface area contributed by atoms with Gasteiger partial charge in [0.25, 0.3) is 0 Å². The Morgan fingerprint density at radius 3 is 1.95 bits per heavy atom. The summed E-state index contributed by atoms with van der Waals surface area (Å²) in [6.07, 6.45) is 0.841. The number of para-hydroxylation sites is 1. The van der Waals surface area contributed by atoms with Crippen molar-refractivity contribution in [1.29, 1.82) is 0 Å². The fraction of sp³-hybridized carbons (Fsp3) is 0.188. The van der Waals surface area contributed by atoms with E-state index in [4.69, 9.17) is 25.1 Å². The van der Waals surface area contributed by atoms with E-state index in [1.807, 2.05) is 60.7 Å². The zero-order valence-electron chi connectivity index (χ0n) is 21.5. The number of aliphatic carboxylic acids is 1. The normalized spacial score (nSPS) is 11.4. The highest BCUT2D eigenvalue weighted by Gasteiger charge is 2.21. The van der Waals surface area contributed by atoms with Crippen LogP contribution in [0.5, 0.6) is 23.0 Å². The molecule has 4 aromatic carbocycles. The number of carboxylic acid groups (broad SMARTS) is 1. The minimum atomic E-state index is -0.933. The quantitative estimate of drug-likeness (QED) is 0.148. The van der Waals surface area contributed by atoms with E-state index in [9.17, 15) is 9.59 Å². The van der Waals surface area contributed by atoms with E-state index in [0.29, 0.717) is 42.1 Å². The van der Waals surface area contributed by atoms with Crippen molar-refractivity contribution in [2.24, 2.45) is 5.73 Å². The minimum absolute atomic E-state index is 0.0594.